The number of rotatable bonds is 16. The van der Waals surface area contributed by atoms with Gasteiger partial charge in [-0.1, -0.05) is 35.3 Å². The normalized spacial score (nSPS) is 16.2. The summed E-state index contributed by atoms with van der Waals surface area (Å²) in [5.41, 5.74) is 0.492. The SMILES string of the molecule is COC[C@H](NC(=O)[C@H](C)N(Cc1c(F)cc(Cl)cc1Oc1ccc(-c2cnc(CN(C)C)n2C)cc1)C(=O)OC(C)(C)C)C(=O)N(C)C1(Cc2ccc(Cl)cc2)CCCN(C(=O)O)C1. The molecule has 4 amide bonds. The zero-order valence-corrected chi connectivity index (χ0v) is 39.3. The summed E-state index contributed by atoms with van der Waals surface area (Å²) in [6.45, 7) is 6.62. The molecule has 0 aliphatic carbocycles. The molecule has 4 aromatic rings. The molecule has 1 aliphatic heterocycles. The van der Waals surface area contributed by atoms with Gasteiger partial charge in [-0.2, -0.15) is 0 Å². The largest absolute Gasteiger partial charge is 0.465 e. The fraction of sp³-hybridized carbons (Fsp3) is 0.457. The number of likely N-dealkylation sites (tertiary alicyclic amines) is 1. The van der Waals surface area contributed by atoms with Crippen molar-refractivity contribution in [3.05, 3.63) is 99.7 Å². The Labute approximate surface area is 384 Å². The van der Waals surface area contributed by atoms with Crippen LogP contribution in [0.2, 0.25) is 10.0 Å². The summed E-state index contributed by atoms with van der Waals surface area (Å²) >= 11 is 12.5. The van der Waals surface area contributed by atoms with Crippen LogP contribution in [0, 0.1) is 5.82 Å². The molecule has 1 aromatic heterocycles. The Hall–Kier alpha value is -5.42. The summed E-state index contributed by atoms with van der Waals surface area (Å²) in [6, 6.07) is 14.1. The molecule has 1 aliphatic rings. The van der Waals surface area contributed by atoms with Crippen LogP contribution in [0.4, 0.5) is 14.0 Å². The second kappa shape index (κ2) is 21.0. The second-order valence-corrected chi connectivity index (χ2v) is 18.3. The molecule has 0 bridgehead atoms. The maximum Gasteiger partial charge on any atom is 0.411 e. The molecule has 1 unspecified atom stereocenters. The van der Waals surface area contributed by atoms with Gasteiger partial charge in [0.05, 0.1) is 42.7 Å². The molecule has 0 spiro atoms. The zero-order valence-electron chi connectivity index (χ0n) is 37.8. The number of methoxy groups -OCH3 is 1. The van der Waals surface area contributed by atoms with Gasteiger partial charge in [0, 0.05) is 49.9 Å². The minimum absolute atomic E-state index is 0.00402. The number of ether oxygens (including phenoxy) is 3. The zero-order chi connectivity index (χ0) is 47.1. The maximum atomic E-state index is 16.1. The summed E-state index contributed by atoms with van der Waals surface area (Å²) in [7, 11) is 8.82. The van der Waals surface area contributed by atoms with Crippen LogP contribution in [0.1, 0.15) is 57.5 Å². The lowest BCUT2D eigenvalue weighted by Crippen LogP contribution is -2.65. The molecular weight excluding hydrogens is 868 g/mol. The van der Waals surface area contributed by atoms with E-state index in [-0.39, 0.29) is 29.5 Å². The Kier molecular flexibility index (Phi) is 16.3. The number of carboxylic acid groups (broad SMARTS) is 1. The predicted molar refractivity (Wildman–Crippen MR) is 242 cm³/mol. The van der Waals surface area contributed by atoms with Gasteiger partial charge >= 0.3 is 12.2 Å². The van der Waals surface area contributed by atoms with Crippen LogP contribution in [-0.4, -0.2) is 129 Å². The number of imidazole rings is 1. The number of carbonyl (C=O) groups excluding carboxylic acids is 3. The molecule has 0 radical (unpaired) electrons. The summed E-state index contributed by atoms with van der Waals surface area (Å²) in [5, 5.41) is 13.3. The fourth-order valence-corrected chi connectivity index (χ4v) is 8.00. The van der Waals surface area contributed by atoms with Gasteiger partial charge in [-0.25, -0.2) is 19.0 Å². The van der Waals surface area contributed by atoms with Gasteiger partial charge in [-0.15, -0.1) is 0 Å². The van der Waals surface area contributed by atoms with E-state index < -0.39 is 59.6 Å². The Morgan fingerprint density at radius 1 is 1.00 bits per heavy atom. The quantitative estimate of drug-likeness (QED) is 0.113. The van der Waals surface area contributed by atoms with Crippen LogP contribution >= 0.6 is 23.2 Å². The number of hydrogen-bond acceptors (Lipinski definition) is 9. The number of hydrogen-bond donors (Lipinski definition) is 2. The Balaban J connectivity index is 1.42. The third-order valence-corrected chi connectivity index (χ3v) is 11.6. The highest BCUT2D eigenvalue weighted by molar-refractivity contribution is 6.31. The lowest BCUT2D eigenvalue weighted by atomic mass is 9.81. The molecule has 1 saturated heterocycles. The summed E-state index contributed by atoms with van der Waals surface area (Å²) < 4.78 is 35.4. The summed E-state index contributed by atoms with van der Waals surface area (Å²) in [4.78, 5) is 65.3. The van der Waals surface area contributed by atoms with Crippen molar-refractivity contribution in [2.45, 2.75) is 83.3 Å². The van der Waals surface area contributed by atoms with E-state index in [4.69, 9.17) is 37.4 Å². The first-order chi connectivity index (χ1) is 30.1. The van der Waals surface area contributed by atoms with Crippen LogP contribution < -0.4 is 10.1 Å². The highest BCUT2D eigenvalue weighted by Crippen LogP contribution is 2.35. The van der Waals surface area contributed by atoms with Gasteiger partial charge < -0.3 is 43.9 Å². The molecule has 346 valence electrons. The van der Waals surface area contributed by atoms with E-state index in [1.807, 2.05) is 54.9 Å². The summed E-state index contributed by atoms with van der Waals surface area (Å²) in [6.07, 6.45) is 1.00. The topological polar surface area (TPSA) is 159 Å². The molecule has 1 fully saturated rings. The minimum Gasteiger partial charge on any atom is -0.465 e. The molecule has 3 aromatic carbocycles. The van der Waals surface area contributed by atoms with Crippen molar-refractivity contribution < 1.29 is 42.9 Å². The number of nitrogens with one attached hydrogen (secondary N) is 1. The second-order valence-electron chi connectivity index (χ2n) is 17.4. The van der Waals surface area contributed by atoms with E-state index in [0.717, 1.165) is 33.6 Å². The standard InChI is InChI=1S/C46H58Cl2FN7O8/c1-29(41(57)51-37(27-62-9)42(58)54(8)46(19-10-20-55(28-46)43(59)60)23-30-11-15-32(47)16-12-30)56(44(61)64-45(2,3)4)25-35-36(49)21-33(48)22-39(35)63-34-17-13-31(14-18-34)38-24-50-40(53(38)7)26-52(5)6/h11-18,21-22,24,29,37H,10,19-20,23,25-28H2,1-9H3,(H,51,57)(H,59,60)/t29-,37-,46?/m0/s1. The number of aromatic nitrogens is 2. The van der Waals surface area contributed by atoms with E-state index in [9.17, 15) is 24.3 Å². The molecule has 2 heterocycles. The van der Waals surface area contributed by atoms with Gasteiger partial charge in [0.15, 0.2) is 0 Å². The number of carbonyl (C=O) groups is 4. The minimum atomic E-state index is -1.34. The molecule has 64 heavy (non-hydrogen) atoms. The van der Waals surface area contributed by atoms with Gasteiger partial charge in [0.25, 0.3) is 0 Å². The average molecular weight is 927 g/mol. The number of likely N-dealkylation sites (N-methyl/N-ethyl adjacent to an activating group) is 1. The van der Waals surface area contributed by atoms with E-state index in [0.29, 0.717) is 43.1 Å². The number of benzene rings is 3. The lowest BCUT2D eigenvalue weighted by molar-refractivity contribution is -0.144. The first kappa shape index (κ1) is 49.6. The molecular formula is C46H58Cl2FN7O8. The third-order valence-electron chi connectivity index (χ3n) is 11.1. The van der Waals surface area contributed by atoms with Crippen molar-refractivity contribution in [2.75, 3.05) is 47.9 Å². The fourth-order valence-electron chi connectivity index (χ4n) is 7.68. The van der Waals surface area contributed by atoms with E-state index in [1.54, 1.807) is 58.3 Å². The molecule has 3 atom stereocenters. The van der Waals surface area contributed by atoms with E-state index in [1.165, 1.54) is 29.9 Å². The highest BCUT2D eigenvalue weighted by Gasteiger charge is 2.45. The van der Waals surface area contributed by atoms with E-state index in [2.05, 4.69) is 10.3 Å². The van der Waals surface area contributed by atoms with Crippen LogP contribution in [0.3, 0.4) is 0 Å². The van der Waals surface area contributed by atoms with Crippen molar-refractivity contribution in [3.8, 4) is 22.8 Å². The first-order valence-electron chi connectivity index (χ1n) is 20.8. The first-order valence-corrected chi connectivity index (χ1v) is 21.6. The predicted octanol–water partition coefficient (Wildman–Crippen LogP) is 7.86. The van der Waals surface area contributed by atoms with Crippen molar-refractivity contribution in [2.24, 2.45) is 7.05 Å². The van der Waals surface area contributed by atoms with E-state index >= 15 is 4.39 Å². The van der Waals surface area contributed by atoms with Crippen molar-refractivity contribution in [3.63, 3.8) is 0 Å². The summed E-state index contributed by atoms with van der Waals surface area (Å²) in [5.74, 6) is -0.886. The lowest BCUT2D eigenvalue weighted by Gasteiger charge is -2.48. The smallest absolute Gasteiger partial charge is 0.411 e. The van der Waals surface area contributed by atoms with Gasteiger partial charge in [-0.05, 0) is 115 Å². The molecule has 18 heteroatoms. The van der Waals surface area contributed by atoms with Crippen LogP contribution in [0.25, 0.3) is 11.3 Å². The molecule has 2 N–H and O–H groups in total. The molecule has 0 saturated carbocycles. The van der Waals surface area contributed by atoms with Gasteiger partial charge in [0.2, 0.25) is 11.8 Å². The van der Waals surface area contributed by atoms with Crippen molar-refractivity contribution in [1.82, 2.24) is 34.5 Å². The Morgan fingerprint density at radius 3 is 2.28 bits per heavy atom. The van der Waals surface area contributed by atoms with Gasteiger partial charge in [-0.3, -0.25) is 14.5 Å². The van der Waals surface area contributed by atoms with Gasteiger partial charge in [0.1, 0.15) is 40.8 Å². The number of piperidine rings is 1. The van der Waals surface area contributed by atoms with Crippen LogP contribution in [0.15, 0.2) is 66.9 Å². The average Bonchev–Trinajstić information content (AvgIpc) is 3.58. The molecule has 15 nitrogen and oxygen atoms in total. The maximum absolute atomic E-state index is 16.1. The monoisotopic (exact) mass is 925 g/mol. The van der Waals surface area contributed by atoms with Crippen molar-refractivity contribution in [1.29, 1.82) is 0 Å². The number of halogens is 3. The highest BCUT2D eigenvalue weighted by atomic mass is 35.5. The third kappa shape index (κ3) is 12.4. The number of nitrogens with zero attached hydrogens (tertiary/aromatic N) is 6. The molecule has 5 rings (SSSR count). The Morgan fingerprint density at radius 2 is 1.67 bits per heavy atom. The van der Waals surface area contributed by atoms with Crippen LogP contribution in [-0.2, 0) is 45.6 Å². The van der Waals surface area contributed by atoms with Crippen LogP contribution in [0.5, 0.6) is 11.5 Å². The number of amides is 4. The van der Waals surface area contributed by atoms with Crippen molar-refractivity contribution >= 4 is 47.2 Å². The Bertz CT molecular complexity index is 2290.